The van der Waals surface area contributed by atoms with Gasteiger partial charge in [0.15, 0.2) is 0 Å². The molecule has 1 aromatic carbocycles. The molecule has 0 bridgehead atoms. The zero-order valence-corrected chi connectivity index (χ0v) is 12.1. The molecule has 0 atom stereocenters. The fourth-order valence-electron chi connectivity index (χ4n) is 1.72. The average molecular weight is 294 g/mol. The molecule has 6 heteroatoms. The Hall–Kier alpha value is -2.14. The Labute approximate surface area is 121 Å². The lowest BCUT2D eigenvalue weighted by Gasteiger charge is -2.07. The highest BCUT2D eigenvalue weighted by atomic mass is 35.5. The van der Waals surface area contributed by atoms with Crippen LogP contribution in [0.4, 0.5) is 0 Å². The summed E-state index contributed by atoms with van der Waals surface area (Å²) in [5, 5.41) is 6.63. The molecule has 0 aliphatic heterocycles. The van der Waals surface area contributed by atoms with Crippen LogP contribution < -0.4 is 0 Å². The second-order valence-electron chi connectivity index (χ2n) is 4.17. The van der Waals surface area contributed by atoms with E-state index < -0.39 is 5.97 Å². The maximum absolute atomic E-state index is 11.9. The molecule has 20 heavy (non-hydrogen) atoms. The summed E-state index contributed by atoms with van der Waals surface area (Å²) in [4.78, 5) is 13.6. The maximum atomic E-state index is 11.9. The highest BCUT2D eigenvalue weighted by Crippen LogP contribution is 2.13. The monoisotopic (exact) mass is 293 g/mol. The number of halogens is 1. The quantitative estimate of drug-likeness (QED) is 0.852. The van der Waals surface area contributed by atoms with Crippen molar-refractivity contribution in [1.29, 1.82) is 0 Å². The molecule has 2 N–H and O–H groups in total. The lowest BCUT2D eigenvalue weighted by atomic mass is 10.2. The molecule has 0 radical (unpaired) electrons. The van der Waals surface area contributed by atoms with Gasteiger partial charge in [-0.15, -0.1) is 0 Å². The van der Waals surface area contributed by atoms with E-state index in [-0.39, 0.29) is 0 Å². The van der Waals surface area contributed by atoms with E-state index in [1.165, 1.54) is 0 Å². The van der Waals surface area contributed by atoms with Crippen molar-refractivity contribution in [3.05, 3.63) is 52.8 Å². The van der Waals surface area contributed by atoms with Crippen molar-refractivity contribution >= 4 is 17.6 Å². The molecule has 0 saturated carbocycles. The lowest BCUT2D eigenvalue weighted by molar-refractivity contribution is 0.0516. The normalized spacial score (nSPS) is 10.2. The molecule has 0 amide bonds. The Bertz CT molecular complexity index is 653. The number of ether oxygens (including phenoxy) is 1. The fraction of sp³-hybridized carbons (Fsp3) is 0.214. The maximum Gasteiger partial charge on any atom is 0.356 e. The van der Waals surface area contributed by atoms with E-state index in [9.17, 15) is 4.79 Å². The molecule has 2 rings (SSSR count). The molecular weight excluding hydrogens is 278 g/mol. The third kappa shape index (κ3) is 3.24. The number of aryl methyl sites for hydroxylation is 1. The summed E-state index contributed by atoms with van der Waals surface area (Å²) < 4.78 is 5.04. The first kappa shape index (κ1) is 14.3. The van der Waals surface area contributed by atoms with E-state index in [0.29, 0.717) is 17.3 Å². The fourth-order valence-corrected chi connectivity index (χ4v) is 1.90. The van der Waals surface area contributed by atoms with Crippen LogP contribution in [0.1, 0.15) is 23.0 Å². The Kier molecular flexibility index (Phi) is 4.53. The molecule has 106 valence electrons. The van der Waals surface area contributed by atoms with Gasteiger partial charge in [-0.2, -0.15) is 4.80 Å². The van der Waals surface area contributed by atoms with Gasteiger partial charge in [0.05, 0.1) is 12.3 Å². The Morgan fingerprint density at radius 1 is 1.40 bits per heavy atom. The number of aromatic nitrogens is 3. The number of carbonyl (C=O) groups excluding carboxylic acids is 1. The van der Waals surface area contributed by atoms with Crippen LogP contribution in [0.25, 0.3) is 5.69 Å². The highest BCUT2D eigenvalue weighted by molar-refractivity contribution is 6.30. The van der Waals surface area contributed by atoms with Crippen molar-refractivity contribution < 1.29 is 9.53 Å². The third-order valence-corrected chi connectivity index (χ3v) is 2.94. The van der Waals surface area contributed by atoms with Crippen molar-refractivity contribution in [2.24, 2.45) is 0 Å². The largest absolute Gasteiger partial charge is 0.461 e. The Morgan fingerprint density at radius 2 is 2.20 bits per heavy atom. The summed E-state index contributed by atoms with van der Waals surface area (Å²) in [5.41, 5.74) is 1.94. The first-order chi connectivity index (χ1) is 9.61. The predicted octanol–water partition coefficient (Wildman–Crippen LogP) is 3.40. The van der Waals surface area contributed by atoms with Gasteiger partial charge in [0.2, 0.25) is 0 Å². The first-order valence-electron chi connectivity index (χ1n) is 6.25. The van der Waals surface area contributed by atoms with E-state index in [0.717, 1.165) is 11.3 Å². The van der Waals surface area contributed by atoms with E-state index in [1.54, 1.807) is 36.1 Å². The van der Waals surface area contributed by atoms with Gasteiger partial charge in [0.1, 0.15) is 5.69 Å². The van der Waals surface area contributed by atoms with Crippen LogP contribution in [-0.4, -0.2) is 27.6 Å². The van der Waals surface area contributed by atoms with Gasteiger partial charge >= 0.3 is 5.97 Å². The van der Waals surface area contributed by atoms with Crippen molar-refractivity contribution in [3.63, 3.8) is 0 Å². The molecule has 2 aromatic rings. The molecule has 1 heterocycles. The SMILES string of the molecule is CCOC(=O)c1[nH]n(-c2cccc(Cl)c2)[nH]ccc1C. The van der Waals surface area contributed by atoms with Gasteiger partial charge in [-0.25, -0.2) is 4.79 Å². The van der Waals surface area contributed by atoms with E-state index in [2.05, 4.69) is 10.2 Å². The van der Waals surface area contributed by atoms with Crippen LogP contribution in [-0.2, 0) is 4.74 Å². The molecule has 0 spiro atoms. The number of nitrogens with zero attached hydrogens (tertiary/aromatic N) is 1. The van der Waals surface area contributed by atoms with Gasteiger partial charge in [0, 0.05) is 11.2 Å². The zero-order chi connectivity index (χ0) is 14.5. The number of H-pyrrole nitrogens is 2. The minimum absolute atomic E-state index is 0.325. The number of rotatable bonds is 3. The topological polar surface area (TPSA) is 62.8 Å². The molecular formula is C14H16ClN3O2. The van der Waals surface area contributed by atoms with Crippen LogP contribution in [0.2, 0.25) is 5.02 Å². The highest BCUT2D eigenvalue weighted by Gasteiger charge is 2.10. The molecule has 0 fully saturated rings. The summed E-state index contributed by atoms with van der Waals surface area (Å²) in [6, 6.07) is 9.05. The van der Waals surface area contributed by atoms with Gasteiger partial charge in [0.25, 0.3) is 0 Å². The molecule has 0 unspecified atom stereocenters. The van der Waals surface area contributed by atoms with Crippen molar-refractivity contribution in [2.75, 3.05) is 6.61 Å². The minimum atomic E-state index is -0.398. The Balaban J connectivity index is 2.54. The summed E-state index contributed by atoms with van der Waals surface area (Å²) in [5.74, 6) is -0.398. The zero-order valence-electron chi connectivity index (χ0n) is 11.3. The number of benzene rings is 1. The number of hydrogen-bond donors (Lipinski definition) is 2. The van der Waals surface area contributed by atoms with Gasteiger partial charge in [-0.1, -0.05) is 17.7 Å². The van der Waals surface area contributed by atoms with Crippen molar-refractivity contribution in [1.82, 2.24) is 15.0 Å². The number of esters is 1. The summed E-state index contributed by atoms with van der Waals surface area (Å²) in [7, 11) is 0. The smallest absolute Gasteiger partial charge is 0.356 e. The second kappa shape index (κ2) is 6.34. The molecule has 0 aliphatic carbocycles. The van der Waals surface area contributed by atoms with Gasteiger partial charge in [-0.05, 0) is 43.7 Å². The summed E-state index contributed by atoms with van der Waals surface area (Å²) in [6.45, 7) is 3.93. The standard InChI is InChI=1S/C14H16ClN3O2/c1-3-20-14(19)13-10(2)7-8-16-18(17-13)12-6-4-5-11(15)9-12/h4-9,16-17H,3H2,1-2H3. The lowest BCUT2D eigenvalue weighted by Crippen LogP contribution is -2.12. The predicted molar refractivity (Wildman–Crippen MR) is 77.8 cm³/mol. The molecule has 0 aliphatic rings. The number of aromatic amines is 2. The van der Waals surface area contributed by atoms with E-state index in [1.807, 2.05) is 19.1 Å². The number of nitrogens with one attached hydrogen (secondary N) is 2. The number of hydrogen-bond acceptors (Lipinski definition) is 2. The van der Waals surface area contributed by atoms with E-state index in [4.69, 9.17) is 16.3 Å². The molecule has 5 nitrogen and oxygen atoms in total. The van der Waals surface area contributed by atoms with Crippen LogP contribution >= 0.6 is 11.6 Å². The molecule has 1 aromatic heterocycles. The van der Waals surface area contributed by atoms with Crippen LogP contribution in [0.5, 0.6) is 0 Å². The Morgan fingerprint density at radius 3 is 2.90 bits per heavy atom. The van der Waals surface area contributed by atoms with Crippen LogP contribution in [0.15, 0.2) is 36.5 Å². The summed E-state index contributed by atoms with van der Waals surface area (Å²) in [6.07, 6.45) is 1.73. The van der Waals surface area contributed by atoms with Crippen molar-refractivity contribution in [2.45, 2.75) is 13.8 Å². The average Bonchev–Trinajstić information content (AvgIpc) is 2.61. The second-order valence-corrected chi connectivity index (χ2v) is 4.60. The first-order valence-corrected chi connectivity index (χ1v) is 6.62. The van der Waals surface area contributed by atoms with Crippen molar-refractivity contribution in [3.8, 4) is 5.69 Å². The third-order valence-electron chi connectivity index (χ3n) is 2.70. The van der Waals surface area contributed by atoms with Gasteiger partial charge in [-0.3, -0.25) is 10.2 Å². The number of carbonyl (C=O) groups is 1. The van der Waals surface area contributed by atoms with E-state index >= 15 is 0 Å². The molecule has 0 saturated heterocycles. The van der Waals surface area contributed by atoms with Crippen LogP contribution in [0, 0.1) is 6.92 Å². The van der Waals surface area contributed by atoms with Gasteiger partial charge < -0.3 is 4.74 Å². The van der Waals surface area contributed by atoms with Crippen LogP contribution in [0.3, 0.4) is 0 Å². The minimum Gasteiger partial charge on any atom is -0.461 e. The summed E-state index contributed by atoms with van der Waals surface area (Å²) >= 11 is 5.98.